The van der Waals surface area contributed by atoms with Crippen LogP contribution in [-0.2, 0) is 10.9 Å². The van der Waals surface area contributed by atoms with E-state index in [1.54, 1.807) is 0 Å². The maximum atomic E-state index is 15.5. The third-order valence-electron chi connectivity index (χ3n) is 6.52. The van der Waals surface area contributed by atoms with Crippen molar-refractivity contribution in [1.82, 2.24) is 24.8 Å². The summed E-state index contributed by atoms with van der Waals surface area (Å²) in [4.78, 5) is 11.4. The van der Waals surface area contributed by atoms with Crippen LogP contribution in [0.25, 0.3) is 27.9 Å². The fourth-order valence-corrected chi connectivity index (χ4v) is 4.58. The summed E-state index contributed by atoms with van der Waals surface area (Å²) in [6.07, 6.45) is -1.81. The van der Waals surface area contributed by atoms with Gasteiger partial charge in [-0.15, -0.1) is 5.10 Å². The van der Waals surface area contributed by atoms with E-state index in [1.807, 2.05) is 0 Å². The predicted octanol–water partition coefficient (Wildman–Crippen LogP) is 5.11. The lowest BCUT2D eigenvalue weighted by Crippen LogP contribution is -2.36. The lowest BCUT2D eigenvalue weighted by atomic mass is 10.0. The molecule has 1 atom stereocenters. The number of pyridine rings is 1. The minimum atomic E-state index is -4.86. The zero-order valence-electron chi connectivity index (χ0n) is 26.9. The van der Waals surface area contributed by atoms with Crippen molar-refractivity contribution in [3.8, 4) is 27.9 Å². The second kappa shape index (κ2) is 12.0. The van der Waals surface area contributed by atoms with Gasteiger partial charge < -0.3 is 15.7 Å². The molecule has 2 aromatic carbocycles. The first-order chi connectivity index (χ1) is 22.7. The van der Waals surface area contributed by atoms with Crippen molar-refractivity contribution in [3.05, 3.63) is 106 Å². The molecule has 3 heterocycles. The fourth-order valence-electron chi connectivity index (χ4n) is 4.42. The maximum absolute atomic E-state index is 15.5. The van der Waals surface area contributed by atoms with Gasteiger partial charge >= 0.3 is 6.18 Å². The third-order valence-corrected chi connectivity index (χ3v) is 6.81. The standard InChI is InChI=1S/C28H21ClF5N7O3/c1-44-9-8-21(39-12-17(11-36-39)15-2-4-18(27(35)42)20(30)10-15)22-6-3-16(13-41(22)43)25-23(7-5-19(29)26(25)31)40-14-24(37-38-40)28(32,33)34/h2-7,10-14,21H,8-9H2,1H3,(H2,35,42)/t21-/m0/s1/i1D3,9D2. The van der Waals surface area contributed by atoms with E-state index in [0.29, 0.717) is 10.9 Å². The Morgan fingerprint density at radius 3 is 2.61 bits per heavy atom. The van der Waals surface area contributed by atoms with E-state index in [9.17, 15) is 27.6 Å². The summed E-state index contributed by atoms with van der Waals surface area (Å²) >= 11 is 5.97. The topological polar surface area (TPSA) is 128 Å². The normalized spacial score (nSPS) is 14.7. The number of primary amides is 1. The summed E-state index contributed by atoms with van der Waals surface area (Å²) in [5.74, 6) is -3.05. The molecule has 10 nitrogen and oxygen atoms in total. The molecular formula is C28H21ClF5N7O3. The lowest BCUT2D eigenvalue weighted by Gasteiger charge is -2.18. The third kappa shape index (κ3) is 5.96. The first-order valence-corrected chi connectivity index (χ1v) is 12.7. The molecule has 16 heteroatoms. The van der Waals surface area contributed by atoms with Crippen LogP contribution >= 0.6 is 11.6 Å². The maximum Gasteiger partial charge on any atom is 0.436 e. The molecule has 0 unspecified atom stereocenters. The highest BCUT2D eigenvalue weighted by Gasteiger charge is 2.35. The van der Waals surface area contributed by atoms with Gasteiger partial charge in [0.2, 0.25) is 5.69 Å². The number of aromatic nitrogens is 6. The number of methoxy groups -OCH3 is 1. The van der Waals surface area contributed by atoms with Crippen molar-refractivity contribution >= 4 is 17.5 Å². The smallest absolute Gasteiger partial charge is 0.436 e. The van der Waals surface area contributed by atoms with E-state index >= 15 is 4.39 Å². The SMILES string of the molecule is [2H]C([2H])([2H])OC([2H])([2H])C[C@@H](c1ccc(-c2c(-n3cc(C(F)(F)F)nn3)ccc(Cl)c2F)c[n+]1[O-])n1cc(-c2ccc(C(N)=O)c(F)c2)cn1. The van der Waals surface area contributed by atoms with E-state index in [0.717, 1.165) is 41.2 Å². The van der Waals surface area contributed by atoms with Crippen LogP contribution in [0.15, 0.2) is 67.3 Å². The van der Waals surface area contributed by atoms with Crippen LogP contribution in [0.5, 0.6) is 0 Å². The van der Waals surface area contributed by atoms with Gasteiger partial charge in [0.25, 0.3) is 5.91 Å². The summed E-state index contributed by atoms with van der Waals surface area (Å²) in [5, 5.41) is 23.8. The first kappa shape index (κ1) is 24.5. The van der Waals surface area contributed by atoms with Crippen molar-refractivity contribution in [2.45, 2.75) is 18.6 Å². The average Bonchev–Trinajstić information content (AvgIpc) is 3.67. The number of rotatable bonds is 9. The lowest BCUT2D eigenvalue weighted by molar-refractivity contribution is -0.615. The quantitative estimate of drug-likeness (QED) is 0.136. The van der Waals surface area contributed by atoms with Crippen LogP contribution in [-0.4, -0.2) is 44.3 Å². The Morgan fingerprint density at radius 1 is 1.18 bits per heavy atom. The Bertz CT molecular complexity index is 2060. The zero-order valence-corrected chi connectivity index (χ0v) is 22.6. The van der Waals surface area contributed by atoms with Crippen molar-refractivity contribution in [2.75, 3.05) is 13.6 Å². The number of hydrogen-bond acceptors (Lipinski definition) is 6. The predicted molar refractivity (Wildman–Crippen MR) is 146 cm³/mol. The minimum absolute atomic E-state index is 0.190. The summed E-state index contributed by atoms with van der Waals surface area (Å²) in [6, 6.07) is 6.64. The fraction of sp³-hybridized carbons (Fsp3) is 0.179. The van der Waals surface area contributed by atoms with Crippen LogP contribution in [0.2, 0.25) is 5.02 Å². The van der Waals surface area contributed by atoms with Crippen LogP contribution in [0.1, 0.15) is 41.1 Å². The molecule has 0 bridgehead atoms. The molecule has 0 radical (unpaired) electrons. The number of alkyl halides is 3. The van der Waals surface area contributed by atoms with Crippen molar-refractivity contribution in [1.29, 1.82) is 0 Å². The average molecular weight is 639 g/mol. The molecule has 0 fully saturated rings. The Hall–Kier alpha value is -4.89. The molecule has 3 aromatic heterocycles. The first-order valence-electron chi connectivity index (χ1n) is 14.8. The number of halogens is 6. The van der Waals surface area contributed by atoms with E-state index in [-0.39, 0.29) is 38.4 Å². The molecule has 5 rings (SSSR count). The summed E-state index contributed by atoms with van der Waals surface area (Å²) in [5.41, 5.74) is 2.72. The number of nitrogens with zero attached hydrogens (tertiary/aromatic N) is 6. The number of amides is 1. The van der Waals surface area contributed by atoms with Gasteiger partial charge in [0.15, 0.2) is 17.7 Å². The van der Waals surface area contributed by atoms with Gasteiger partial charge in [-0.05, 0) is 35.9 Å². The molecule has 228 valence electrons. The highest BCUT2D eigenvalue weighted by molar-refractivity contribution is 6.31. The summed E-state index contributed by atoms with van der Waals surface area (Å²) in [6.45, 7) is -2.89. The van der Waals surface area contributed by atoms with Gasteiger partial charge in [-0.3, -0.25) is 9.48 Å². The van der Waals surface area contributed by atoms with Crippen molar-refractivity contribution in [3.63, 3.8) is 0 Å². The molecule has 2 N–H and O–H groups in total. The van der Waals surface area contributed by atoms with E-state index in [1.165, 1.54) is 24.5 Å². The van der Waals surface area contributed by atoms with Gasteiger partial charge in [0.05, 0.1) is 46.6 Å². The molecule has 0 aliphatic carbocycles. The Kier molecular flexibility index (Phi) is 6.70. The van der Waals surface area contributed by atoms with Gasteiger partial charge in [-0.2, -0.15) is 23.0 Å². The Labute approximate surface area is 257 Å². The highest BCUT2D eigenvalue weighted by Crippen LogP contribution is 2.35. The minimum Gasteiger partial charge on any atom is -0.618 e. The molecule has 0 saturated heterocycles. The van der Waals surface area contributed by atoms with Crippen LogP contribution in [0, 0.1) is 16.8 Å². The van der Waals surface area contributed by atoms with Crippen molar-refractivity contribution < 1.29 is 43.1 Å². The van der Waals surface area contributed by atoms with E-state index in [2.05, 4.69) is 20.1 Å². The number of ether oxygens (including phenoxy) is 1. The van der Waals surface area contributed by atoms with Crippen LogP contribution < -0.4 is 10.5 Å². The molecule has 1 amide bonds. The second-order valence-electron chi connectivity index (χ2n) is 9.20. The number of carbonyl (C=O) groups excluding carboxylic acids is 1. The summed E-state index contributed by atoms with van der Waals surface area (Å²) in [7, 11) is -3.19. The molecule has 0 spiro atoms. The van der Waals surface area contributed by atoms with Crippen molar-refractivity contribution in [2.24, 2.45) is 5.73 Å². The number of carbonyl (C=O) groups is 1. The van der Waals surface area contributed by atoms with Gasteiger partial charge in [-0.25, -0.2) is 13.5 Å². The highest BCUT2D eigenvalue weighted by atomic mass is 35.5. The van der Waals surface area contributed by atoms with Gasteiger partial charge in [-0.1, -0.05) is 22.9 Å². The molecule has 0 aliphatic heterocycles. The molecule has 0 saturated carbocycles. The Morgan fingerprint density at radius 2 is 1.95 bits per heavy atom. The molecular weight excluding hydrogens is 613 g/mol. The van der Waals surface area contributed by atoms with Gasteiger partial charge in [0.1, 0.15) is 11.9 Å². The Balaban J connectivity index is 1.60. The molecule has 0 aliphatic rings. The summed E-state index contributed by atoms with van der Waals surface area (Å²) < 4.78 is 115. The number of hydrogen-bond donors (Lipinski definition) is 1. The largest absolute Gasteiger partial charge is 0.618 e. The van der Waals surface area contributed by atoms with Gasteiger partial charge in [0, 0.05) is 37.8 Å². The monoisotopic (exact) mass is 638 g/mol. The molecule has 44 heavy (non-hydrogen) atoms. The van der Waals surface area contributed by atoms with Crippen LogP contribution in [0.3, 0.4) is 0 Å². The second-order valence-corrected chi connectivity index (χ2v) is 9.61. The molecule has 5 aromatic rings. The number of nitrogens with two attached hydrogens (primary N) is 1. The van der Waals surface area contributed by atoms with Crippen LogP contribution in [0.4, 0.5) is 22.0 Å². The van der Waals surface area contributed by atoms with E-state index in [4.69, 9.17) is 24.2 Å². The zero-order chi connectivity index (χ0) is 36.1. The number of benzene rings is 2. The van der Waals surface area contributed by atoms with E-state index < -0.39 is 66.1 Å².